The van der Waals surface area contributed by atoms with Gasteiger partial charge >= 0.3 is 12.1 Å². The molecule has 1 saturated carbocycles. The maximum atomic E-state index is 13.1. The first-order valence-corrected chi connectivity index (χ1v) is 9.45. The molecule has 3 fully saturated rings. The first-order valence-electron chi connectivity index (χ1n) is 9.45. The second-order valence-electron chi connectivity index (χ2n) is 8.20. The van der Waals surface area contributed by atoms with Crippen molar-refractivity contribution >= 4 is 17.8 Å². The summed E-state index contributed by atoms with van der Waals surface area (Å²) in [4.78, 5) is 38.9. The molecule has 1 aliphatic carbocycles. The third-order valence-corrected chi connectivity index (χ3v) is 6.30. The quantitative estimate of drug-likeness (QED) is 0.801. The molecule has 3 aliphatic rings. The highest BCUT2D eigenvalue weighted by atomic mass is 19.4. The number of hydrogen-bond donors (Lipinski definition) is 1. The molecule has 2 heterocycles. The minimum absolute atomic E-state index is 0.00416. The number of halogens is 3. The van der Waals surface area contributed by atoms with Gasteiger partial charge in [0, 0.05) is 32.1 Å². The maximum absolute atomic E-state index is 13.1. The summed E-state index contributed by atoms with van der Waals surface area (Å²) >= 11 is 0. The van der Waals surface area contributed by atoms with Crippen LogP contribution in [-0.2, 0) is 14.4 Å². The number of amides is 2. The summed E-state index contributed by atoms with van der Waals surface area (Å²) in [6, 6.07) is 0.0970. The molecule has 3 rings (SSSR count). The number of carboxylic acid groups (broad SMARTS) is 1. The molecule has 2 saturated heterocycles. The predicted octanol–water partition coefficient (Wildman–Crippen LogP) is 2.14. The van der Waals surface area contributed by atoms with E-state index < -0.39 is 48.9 Å². The fraction of sp³-hybridized carbons (Fsp3) is 0.833. The van der Waals surface area contributed by atoms with Crippen LogP contribution in [0.4, 0.5) is 13.2 Å². The lowest BCUT2D eigenvalue weighted by molar-refractivity contribution is -0.188. The Morgan fingerprint density at radius 1 is 1.07 bits per heavy atom. The number of carbonyl (C=O) groups is 3. The second-order valence-corrected chi connectivity index (χ2v) is 8.20. The van der Waals surface area contributed by atoms with Gasteiger partial charge in [0.2, 0.25) is 11.8 Å². The van der Waals surface area contributed by atoms with E-state index in [1.54, 1.807) is 4.90 Å². The van der Waals surface area contributed by atoms with Crippen molar-refractivity contribution in [2.24, 2.45) is 23.7 Å². The lowest BCUT2D eigenvalue weighted by atomic mass is 9.86. The Hall–Kier alpha value is -1.80. The van der Waals surface area contributed by atoms with Crippen molar-refractivity contribution in [2.75, 3.05) is 19.6 Å². The van der Waals surface area contributed by atoms with E-state index in [4.69, 9.17) is 5.11 Å². The summed E-state index contributed by atoms with van der Waals surface area (Å²) in [5, 5.41) is 9.09. The van der Waals surface area contributed by atoms with Crippen LogP contribution in [0.25, 0.3) is 0 Å². The molecule has 0 aromatic carbocycles. The van der Waals surface area contributed by atoms with Crippen LogP contribution in [-0.4, -0.2) is 64.5 Å². The molecule has 2 amide bonds. The number of alkyl halides is 3. The smallest absolute Gasteiger partial charge is 0.394 e. The Morgan fingerprint density at radius 2 is 1.70 bits per heavy atom. The van der Waals surface area contributed by atoms with Crippen LogP contribution in [0.2, 0.25) is 0 Å². The van der Waals surface area contributed by atoms with Gasteiger partial charge in [-0.3, -0.25) is 14.4 Å². The molecule has 2 aliphatic heterocycles. The fourth-order valence-electron chi connectivity index (χ4n) is 4.63. The lowest BCUT2D eigenvalue weighted by Crippen LogP contribution is -2.41. The fourth-order valence-corrected chi connectivity index (χ4v) is 4.63. The van der Waals surface area contributed by atoms with E-state index in [9.17, 15) is 27.6 Å². The average molecular weight is 390 g/mol. The van der Waals surface area contributed by atoms with Crippen LogP contribution in [0.3, 0.4) is 0 Å². The van der Waals surface area contributed by atoms with Gasteiger partial charge in [-0.2, -0.15) is 13.2 Å². The molecule has 0 radical (unpaired) electrons. The highest BCUT2D eigenvalue weighted by Crippen LogP contribution is 2.39. The standard InChI is InChI=1S/C18H25F3N2O4/c1-10-2-4-12(5-3-10)23-7-11(6-15(23)24)16(25)22-8-13(17(26)27)14(9-22)18(19,20)21/h10-14H,2-9H2,1H3,(H,26,27)/t10?,11?,12?,13-,14-/m1/s1. The number of likely N-dealkylation sites (tertiary alicyclic amines) is 2. The normalized spacial score (nSPS) is 35.0. The number of carbonyl (C=O) groups excluding carboxylic acids is 2. The molecule has 1 unspecified atom stereocenters. The van der Waals surface area contributed by atoms with Gasteiger partial charge in [0.25, 0.3) is 0 Å². The molecule has 27 heavy (non-hydrogen) atoms. The Labute approximate surface area is 155 Å². The SMILES string of the molecule is CC1CCC(N2CC(C(=O)N3C[C@@H](C(F)(F)F)[C@H](C(=O)O)C3)CC2=O)CC1. The predicted molar refractivity (Wildman–Crippen MR) is 88.5 cm³/mol. The zero-order valence-electron chi connectivity index (χ0n) is 15.2. The molecule has 0 spiro atoms. The highest BCUT2D eigenvalue weighted by molar-refractivity contribution is 5.90. The van der Waals surface area contributed by atoms with Gasteiger partial charge in [-0.25, -0.2) is 0 Å². The summed E-state index contributed by atoms with van der Waals surface area (Å²) in [6.07, 6.45) is -0.868. The lowest BCUT2D eigenvalue weighted by Gasteiger charge is -2.33. The number of nitrogens with zero attached hydrogens (tertiary/aromatic N) is 2. The zero-order chi connectivity index (χ0) is 19.9. The first-order chi connectivity index (χ1) is 12.6. The molecular weight excluding hydrogens is 365 g/mol. The van der Waals surface area contributed by atoms with E-state index in [-0.39, 0.29) is 24.9 Å². The van der Waals surface area contributed by atoms with Crippen LogP contribution >= 0.6 is 0 Å². The van der Waals surface area contributed by atoms with Gasteiger partial charge in [0.05, 0.1) is 17.8 Å². The number of carboxylic acids is 1. The molecule has 0 aromatic heterocycles. The van der Waals surface area contributed by atoms with Crippen LogP contribution in [0.15, 0.2) is 0 Å². The average Bonchev–Trinajstić information content (AvgIpc) is 3.19. The largest absolute Gasteiger partial charge is 0.481 e. The third kappa shape index (κ3) is 4.06. The Balaban J connectivity index is 1.64. The van der Waals surface area contributed by atoms with Crippen molar-refractivity contribution in [2.45, 2.75) is 51.2 Å². The van der Waals surface area contributed by atoms with Gasteiger partial charge in [0.1, 0.15) is 0 Å². The van der Waals surface area contributed by atoms with Crippen molar-refractivity contribution in [1.29, 1.82) is 0 Å². The summed E-state index contributed by atoms with van der Waals surface area (Å²) in [5.74, 6) is -5.99. The van der Waals surface area contributed by atoms with E-state index in [1.807, 2.05) is 0 Å². The Kier molecular flexibility index (Phi) is 5.40. The van der Waals surface area contributed by atoms with Gasteiger partial charge in [-0.15, -0.1) is 0 Å². The molecule has 6 nitrogen and oxygen atoms in total. The molecule has 0 aromatic rings. The Bertz CT molecular complexity index is 616. The second kappa shape index (κ2) is 7.31. The maximum Gasteiger partial charge on any atom is 0.394 e. The molecular formula is C18H25F3N2O4. The zero-order valence-corrected chi connectivity index (χ0v) is 15.2. The van der Waals surface area contributed by atoms with Crippen molar-refractivity contribution in [1.82, 2.24) is 9.80 Å². The molecule has 3 atom stereocenters. The summed E-state index contributed by atoms with van der Waals surface area (Å²) in [6.45, 7) is 1.29. The monoisotopic (exact) mass is 390 g/mol. The molecule has 1 N–H and O–H groups in total. The van der Waals surface area contributed by atoms with Crippen molar-refractivity contribution in [3.8, 4) is 0 Å². The third-order valence-electron chi connectivity index (χ3n) is 6.30. The number of aliphatic carboxylic acids is 1. The van der Waals surface area contributed by atoms with E-state index in [2.05, 4.69) is 6.92 Å². The van der Waals surface area contributed by atoms with Gasteiger partial charge in [0.15, 0.2) is 0 Å². The summed E-state index contributed by atoms with van der Waals surface area (Å²) in [7, 11) is 0. The number of rotatable bonds is 3. The minimum Gasteiger partial charge on any atom is -0.481 e. The van der Waals surface area contributed by atoms with Crippen LogP contribution in [0, 0.1) is 23.7 Å². The number of hydrogen-bond acceptors (Lipinski definition) is 3. The summed E-state index contributed by atoms with van der Waals surface area (Å²) in [5.41, 5.74) is 0. The van der Waals surface area contributed by atoms with Gasteiger partial charge < -0.3 is 14.9 Å². The summed E-state index contributed by atoms with van der Waals surface area (Å²) < 4.78 is 39.4. The molecule has 9 heteroatoms. The first kappa shape index (κ1) is 19.9. The van der Waals surface area contributed by atoms with Crippen LogP contribution in [0.5, 0.6) is 0 Å². The van der Waals surface area contributed by atoms with Crippen molar-refractivity contribution < 1.29 is 32.7 Å². The van der Waals surface area contributed by atoms with E-state index >= 15 is 0 Å². The van der Waals surface area contributed by atoms with Crippen molar-refractivity contribution in [3.63, 3.8) is 0 Å². The van der Waals surface area contributed by atoms with Crippen molar-refractivity contribution in [3.05, 3.63) is 0 Å². The van der Waals surface area contributed by atoms with Gasteiger partial charge in [-0.05, 0) is 31.6 Å². The molecule has 0 bridgehead atoms. The van der Waals surface area contributed by atoms with E-state index in [1.165, 1.54) is 0 Å². The topological polar surface area (TPSA) is 77.9 Å². The van der Waals surface area contributed by atoms with Crippen LogP contribution < -0.4 is 0 Å². The highest BCUT2D eigenvalue weighted by Gasteiger charge is 2.54. The minimum atomic E-state index is -4.67. The van der Waals surface area contributed by atoms with E-state index in [0.717, 1.165) is 30.6 Å². The molecule has 152 valence electrons. The van der Waals surface area contributed by atoms with Crippen LogP contribution in [0.1, 0.15) is 39.0 Å². The Morgan fingerprint density at radius 3 is 2.22 bits per heavy atom. The van der Waals surface area contributed by atoms with Gasteiger partial charge in [-0.1, -0.05) is 6.92 Å². The van der Waals surface area contributed by atoms with E-state index in [0.29, 0.717) is 5.92 Å².